The molecule has 1 atom stereocenters. The Labute approximate surface area is 124 Å². The molecular weight excluding hydrogens is 269 g/mol. The third kappa shape index (κ3) is 4.24. The molecule has 0 amide bonds. The van der Waals surface area contributed by atoms with E-state index in [9.17, 15) is 4.39 Å². The average Bonchev–Trinajstić information content (AvgIpc) is 2.49. The molecule has 0 aliphatic heterocycles. The molecule has 5 heteroatoms. The van der Waals surface area contributed by atoms with Crippen molar-refractivity contribution in [3.05, 3.63) is 59.0 Å². The second-order valence-electron chi connectivity index (χ2n) is 5.05. The van der Waals surface area contributed by atoms with Gasteiger partial charge in [0.1, 0.15) is 5.82 Å². The van der Waals surface area contributed by atoms with Crippen molar-refractivity contribution in [1.29, 1.82) is 0 Å². The predicted molar refractivity (Wildman–Crippen MR) is 80.4 cm³/mol. The predicted octanol–water partition coefficient (Wildman–Crippen LogP) is 2.15. The maximum Gasteiger partial charge on any atom is 0.212 e. The molecule has 0 fully saturated rings. The Morgan fingerprint density at radius 3 is 2.67 bits per heavy atom. The summed E-state index contributed by atoms with van der Waals surface area (Å²) in [6, 6.07) is 8.67. The second-order valence-corrected chi connectivity index (χ2v) is 5.05. The lowest BCUT2D eigenvalue weighted by Crippen LogP contribution is -2.38. The van der Waals surface area contributed by atoms with Gasteiger partial charge >= 0.3 is 0 Å². The molecule has 112 valence electrons. The summed E-state index contributed by atoms with van der Waals surface area (Å²) < 4.78 is 18.2. The van der Waals surface area contributed by atoms with Crippen molar-refractivity contribution in [2.24, 2.45) is 5.84 Å². The Morgan fingerprint density at radius 2 is 2.10 bits per heavy atom. The molecule has 0 saturated heterocycles. The van der Waals surface area contributed by atoms with Crippen LogP contribution >= 0.6 is 0 Å². The molecule has 21 heavy (non-hydrogen) atoms. The third-order valence-electron chi connectivity index (χ3n) is 3.50. The largest absolute Gasteiger partial charge is 0.481 e. The van der Waals surface area contributed by atoms with Gasteiger partial charge in [-0.15, -0.1) is 0 Å². The van der Waals surface area contributed by atoms with Crippen LogP contribution in [0.15, 0.2) is 36.5 Å². The number of aryl methyl sites for hydroxylation is 1. The molecule has 0 aliphatic carbocycles. The van der Waals surface area contributed by atoms with Crippen molar-refractivity contribution in [3.8, 4) is 5.88 Å². The zero-order chi connectivity index (χ0) is 15.2. The summed E-state index contributed by atoms with van der Waals surface area (Å²) in [5.74, 6) is 6.01. The topological polar surface area (TPSA) is 60.2 Å². The molecule has 2 aromatic rings. The van der Waals surface area contributed by atoms with E-state index in [0.717, 1.165) is 29.5 Å². The van der Waals surface area contributed by atoms with Crippen LogP contribution in [-0.4, -0.2) is 18.1 Å². The smallest absolute Gasteiger partial charge is 0.212 e. The molecular formula is C16H20FN3O. The van der Waals surface area contributed by atoms with Crippen LogP contribution in [0, 0.1) is 12.7 Å². The van der Waals surface area contributed by atoms with Crippen LogP contribution in [0.1, 0.15) is 16.7 Å². The lowest BCUT2D eigenvalue weighted by atomic mass is 9.97. The minimum Gasteiger partial charge on any atom is -0.481 e. The first-order chi connectivity index (χ1) is 10.1. The van der Waals surface area contributed by atoms with E-state index in [-0.39, 0.29) is 11.9 Å². The fraction of sp³-hybridized carbons (Fsp3) is 0.312. The van der Waals surface area contributed by atoms with Gasteiger partial charge in [-0.2, -0.15) is 0 Å². The number of nitrogens with two attached hydrogens (primary N) is 1. The standard InChI is InChI=1S/C16H20FN3O/c1-11-7-14(17)5-4-13(11)9-15(20-18)8-12-3-6-16(21-2)19-10-12/h3-7,10,15,20H,8-9,18H2,1-2H3. The number of hydrazine groups is 1. The fourth-order valence-corrected chi connectivity index (χ4v) is 2.28. The Hall–Kier alpha value is -1.98. The summed E-state index contributed by atoms with van der Waals surface area (Å²) in [7, 11) is 1.59. The number of nitrogens with one attached hydrogen (secondary N) is 1. The number of nitrogens with zero attached hydrogens (tertiary/aromatic N) is 1. The van der Waals surface area contributed by atoms with E-state index >= 15 is 0 Å². The van der Waals surface area contributed by atoms with Gasteiger partial charge in [-0.05, 0) is 48.6 Å². The third-order valence-corrected chi connectivity index (χ3v) is 3.50. The van der Waals surface area contributed by atoms with Gasteiger partial charge in [-0.1, -0.05) is 12.1 Å². The summed E-state index contributed by atoms with van der Waals surface area (Å²) in [4.78, 5) is 4.18. The fourth-order valence-electron chi connectivity index (χ4n) is 2.28. The van der Waals surface area contributed by atoms with Crippen LogP contribution in [0.3, 0.4) is 0 Å². The molecule has 1 aromatic carbocycles. The summed E-state index contributed by atoms with van der Waals surface area (Å²) in [6.07, 6.45) is 3.25. The maximum absolute atomic E-state index is 13.1. The number of pyridine rings is 1. The molecule has 0 saturated carbocycles. The Morgan fingerprint density at radius 1 is 1.29 bits per heavy atom. The van der Waals surface area contributed by atoms with E-state index in [1.165, 1.54) is 12.1 Å². The quantitative estimate of drug-likeness (QED) is 0.632. The Balaban J connectivity index is 2.05. The monoisotopic (exact) mass is 289 g/mol. The van der Waals surface area contributed by atoms with Crippen molar-refractivity contribution in [2.75, 3.05) is 7.11 Å². The van der Waals surface area contributed by atoms with Gasteiger partial charge in [0.05, 0.1) is 7.11 Å². The first-order valence-corrected chi connectivity index (χ1v) is 6.82. The lowest BCUT2D eigenvalue weighted by Gasteiger charge is -2.17. The van der Waals surface area contributed by atoms with Crippen molar-refractivity contribution in [2.45, 2.75) is 25.8 Å². The molecule has 0 aliphatic rings. The molecule has 3 N–H and O–H groups in total. The van der Waals surface area contributed by atoms with E-state index in [0.29, 0.717) is 5.88 Å². The van der Waals surface area contributed by atoms with Crippen molar-refractivity contribution in [1.82, 2.24) is 10.4 Å². The number of methoxy groups -OCH3 is 1. The van der Waals surface area contributed by atoms with Gasteiger partial charge in [0.25, 0.3) is 0 Å². The van der Waals surface area contributed by atoms with Crippen molar-refractivity contribution < 1.29 is 9.13 Å². The highest BCUT2D eigenvalue weighted by Crippen LogP contribution is 2.15. The number of hydrogen-bond acceptors (Lipinski definition) is 4. The minimum atomic E-state index is -0.215. The first-order valence-electron chi connectivity index (χ1n) is 6.82. The number of hydrogen-bond donors (Lipinski definition) is 2. The van der Waals surface area contributed by atoms with Gasteiger partial charge in [-0.3, -0.25) is 11.3 Å². The van der Waals surface area contributed by atoms with Crippen LogP contribution in [0.5, 0.6) is 5.88 Å². The maximum atomic E-state index is 13.1. The van der Waals surface area contributed by atoms with Crippen LogP contribution in [-0.2, 0) is 12.8 Å². The summed E-state index contributed by atoms with van der Waals surface area (Å²) in [5, 5.41) is 0. The SMILES string of the molecule is COc1ccc(CC(Cc2ccc(F)cc2C)NN)cn1. The van der Waals surface area contributed by atoms with E-state index in [1.807, 2.05) is 19.1 Å². The Kier molecular flexibility index (Phi) is 5.25. The molecule has 1 aromatic heterocycles. The minimum absolute atomic E-state index is 0.0596. The van der Waals surface area contributed by atoms with E-state index < -0.39 is 0 Å². The molecule has 4 nitrogen and oxygen atoms in total. The van der Waals surface area contributed by atoms with E-state index in [1.54, 1.807) is 19.4 Å². The van der Waals surface area contributed by atoms with Gasteiger partial charge in [0.2, 0.25) is 5.88 Å². The van der Waals surface area contributed by atoms with Crippen LogP contribution in [0.25, 0.3) is 0 Å². The number of halogens is 1. The van der Waals surface area contributed by atoms with Gasteiger partial charge in [-0.25, -0.2) is 9.37 Å². The van der Waals surface area contributed by atoms with Crippen molar-refractivity contribution >= 4 is 0 Å². The van der Waals surface area contributed by atoms with Crippen molar-refractivity contribution in [3.63, 3.8) is 0 Å². The summed E-state index contributed by atoms with van der Waals surface area (Å²) in [6.45, 7) is 1.90. The first kappa shape index (κ1) is 15.4. The summed E-state index contributed by atoms with van der Waals surface area (Å²) >= 11 is 0. The second kappa shape index (κ2) is 7.15. The van der Waals surface area contributed by atoms with E-state index in [2.05, 4.69) is 10.4 Å². The van der Waals surface area contributed by atoms with Crippen LogP contribution in [0.4, 0.5) is 4.39 Å². The molecule has 0 radical (unpaired) electrons. The van der Waals surface area contributed by atoms with E-state index in [4.69, 9.17) is 10.6 Å². The molecule has 1 heterocycles. The molecule has 0 bridgehead atoms. The molecule has 2 rings (SSSR count). The number of benzene rings is 1. The molecule has 0 spiro atoms. The average molecular weight is 289 g/mol. The lowest BCUT2D eigenvalue weighted by molar-refractivity contribution is 0.397. The van der Waals surface area contributed by atoms with Gasteiger partial charge in [0.15, 0.2) is 0 Å². The Bertz CT molecular complexity index is 587. The van der Waals surface area contributed by atoms with Gasteiger partial charge < -0.3 is 4.74 Å². The van der Waals surface area contributed by atoms with Gasteiger partial charge in [0, 0.05) is 18.3 Å². The normalized spacial score (nSPS) is 12.2. The number of ether oxygens (including phenoxy) is 1. The number of rotatable bonds is 6. The highest BCUT2D eigenvalue weighted by atomic mass is 19.1. The summed E-state index contributed by atoms with van der Waals surface area (Å²) in [5.41, 5.74) is 5.90. The zero-order valence-corrected chi connectivity index (χ0v) is 12.3. The van der Waals surface area contributed by atoms with Crippen LogP contribution < -0.4 is 16.0 Å². The highest BCUT2D eigenvalue weighted by Gasteiger charge is 2.11. The van der Waals surface area contributed by atoms with Crippen LogP contribution in [0.2, 0.25) is 0 Å². The highest BCUT2D eigenvalue weighted by molar-refractivity contribution is 5.28. The molecule has 1 unspecified atom stereocenters. The number of aromatic nitrogens is 1. The zero-order valence-electron chi connectivity index (χ0n) is 12.3.